The molecule has 1 aromatic rings. The van der Waals surface area contributed by atoms with Crippen molar-refractivity contribution >= 4 is 11.6 Å². The minimum Gasteiger partial charge on any atom is -0.464 e. The smallest absolute Gasteiger partial charge is 0.218 e. The Hall–Kier alpha value is -1.76. The van der Waals surface area contributed by atoms with Crippen molar-refractivity contribution in [1.29, 1.82) is 0 Å². The Morgan fingerprint density at radius 1 is 1.23 bits per heavy atom. The van der Waals surface area contributed by atoms with Gasteiger partial charge in [-0.3, -0.25) is 9.59 Å². The van der Waals surface area contributed by atoms with Crippen LogP contribution < -0.4 is 0 Å². The summed E-state index contributed by atoms with van der Waals surface area (Å²) in [5.41, 5.74) is -0.162. The molecule has 0 amide bonds. The van der Waals surface area contributed by atoms with Gasteiger partial charge in [0.2, 0.25) is 6.29 Å². The van der Waals surface area contributed by atoms with Crippen molar-refractivity contribution in [2.24, 2.45) is 29.1 Å². The van der Waals surface area contributed by atoms with Gasteiger partial charge in [0.1, 0.15) is 6.61 Å². The molecule has 3 saturated carbocycles. The first-order chi connectivity index (χ1) is 15.0. The SMILES string of the molecule is C[C@]12CCC3C(CCC4=CC(=O)CC[C@@H]43)C1C[C@H]1O[C@H](c3ccco3)O[C@]12C(=O)CO. The van der Waals surface area contributed by atoms with E-state index < -0.39 is 18.5 Å². The Morgan fingerprint density at radius 2 is 2.10 bits per heavy atom. The van der Waals surface area contributed by atoms with E-state index in [1.807, 2.05) is 6.08 Å². The van der Waals surface area contributed by atoms with Crippen LogP contribution in [0.25, 0.3) is 0 Å². The Kier molecular flexibility index (Phi) is 4.41. The molecule has 1 aliphatic heterocycles. The van der Waals surface area contributed by atoms with E-state index in [9.17, 15) is 14.7 Å². The van der Waals surface area contributed by atoms with Crippen LogP contribution in [0.15, 0.2) is 34.5 Å². The maximum absolute atomic E-state index is 13.3. The minimum atomic E-state index is -1.13. The number of rotatable bonds is 3. The predicted octanol–water partition coefficient (Wildman–Crippen LogP) is 3.75. The number of aliphatic hydroxyl groups excluding tert-OH is 1. The molecule has 166 valence electrons. The molecule has 6 nitrogen and oxygen atoms in total. The number of carbonyl (C=O) groups excluding carboxylic acids is 2. The molecule has 0 aromatic carbocycles. The lowest BCUT2D eigenvalue weighted by molar-refractivity contribution is -0.188. The number of ketones is 2. The van der Waals surface area contributed by atoms with Crippen LogP contribution in [-0.4, -0.2) is 35.0 Å². The van der Waals surface area contributed by atoms with Gasteiger partial charge in [0, 0.05) is 11.8 Å². The second-order valence-electron chi connectivity index (χ2n) is 10.4. The van der Waals surface area contributed by atoms with Crippen LogP contribution in [0.4, 0.5) is 0 Å². The monoisotopic (exact) mass is 426 g/mol. The summed E-state index contributed by atoms with van der Waals surface area (Å²) in [5, 5.41) is 9.92. The van der Waals surface area contributed by atoms with Gasteiger partial charge < -0.3 is 19.0 Å². The average molecular weight is 427 g/mol. The summed E-state index contributed by atoms with van der Waals surface area (Å²) in [6, 6.07) is 3.59. The van der Waals surface area contributed by atoms with E-state index in [-0.39, 0.29) is 23.1 Å². The highest BCUT2D eigenvalue weighted by molar-refractivity contribution is 5.92. The maximum atomic E-state index is 13.3. The number of allylic oxidation sites excluding steroid dienone is 1. The van der Waals surface area contributed by atoms with Crippen LogP contribution in [0.2, 0.25) is 0 Å². The van der Waals surface area contributed by atoms with Crippen molar-refractivity contribution in [2.45, 2.75) is 69.9 Å². The molecule has 0 bridgehead atoms. The standard InChI is InChI=1S/C25H30O6/c1-24-9-8-17-16-7-5-15(27)11-14(16)4-6-18(17)19(24)12-22-25(24,21(28)13-26)31-23(30-22)20-3-2-10-29-20/h2-3,10-11,16-19,22-23,26H,4-9,12-13H2,1H3/t16-,17?,18?,19?,22+,23-,24-,25+/m0/s1. The summed E-state index contributed by atoms with van der Waals surface area (Å²) < 4.78 is 18.3. The molecule has 0 spiro atoms. The summed E-state index contributed by atoms with van der Waals surface area (Å²) >= 11 is 0. The number of fused-ring (bicyclic) bond motifs is 7. The van der Waals surface area contributed by atoms with Crippen LogP contribution >= 0.6 is 0 Å². The fraction of sp³-hybridized carbons (Fsp3) is 0.680. The first-order valence-electron chi connectivity index (χ1n) is 11.7. The lowest BCUT2D eigenvalue weighted by atomic mass is 9.50. The second-order valence-corrected chi connectivity index (χ2v) is 10.4. The molecular formula is C25H30O6. The van der Waals surface area contributed by atoms with Crippen molar-refractivity contribution in [3.63, 3.8) is 0 Å². The van der Waals surface area contributed by atoms with Crippen LogP contribution in [-0.2, 0) is 19.1 Å². The highest BCUT2D eigenvalue weighted by Crippen LogP contribution is 2.69. The number of hydrogen-bond donors (Lipinski definition) is 1. The van der Waals surface area contributed by atoms with Crippen LogP contribution in [0, 0.1) is 29.1 Å². The van der Waals surface area contributed by atoms with Gasteiger partial charge in [0.25, 0.3) is 0 Å². The minimum absolute atomic E-state index is 0.269. The molecule has 8 atom stereocenters. The highest BCUT2D eigenvalue weighted by atomic mass is 16.8. The van der Waals surface area contributed by atoms with Crippen molar-refractivity contribution < 1.29 is 28.6 Å². The van der Waals surface area contributed by atoms with Gasteiger partial charge in [-0.15, -0.1) is 0 Å². The normalized spacial score (nSPS) is 46.0. The molecule has 2 heterocycles. The van der Waals surface area contributed by atoms with Gasteiger partial charge in [-0.2, -0.15) is 0 Å². The van der Waals surface area contributed by atoms with Crippen molar-refractivity contribution in [3.8, 4) is 0 Å². The molecule has 1 saturated heterocycles. The first-order valence-corrected chi connectivity index (χ1v) is 11.7. The van der Waals surface area contributed by atoms with E-state index in [0.29, 0.717) is 35.9 Å². The Balaban J connectivity index is 1.35. The molecule has 0 radical (unpaired) electrons. The molecule has 6 rings (SSSR count). The first kappa shape index (κ1) is 19.9. The van der Waals surface area contributed by atoms with E-state index in [2.05, 4.69) is 6.92 Å². The van der Waals surface area contributed by atoms with Gasteiger partial charge in [0.15, 0.2) is 22.9 Å². The lowest BCUT2D eigenvalue weighted by Gasteiger charge is -2.55. The topological polar surface area (TPSA) is 86.0 Å². The number of hydrogen-bond acceptors (Lipinski definition) is 6. The molecule has 1 N–H and O–H groups in total. The van der Waals surface area contributed by atoms with Crippen LogP contribution in [0.5, 0.6) is 0 Å². The Bertz CT molecular complexity index is 934. The second kappa shape index (κ2) is 6.87. The van der Waals surface area contributed by atoms with E-state index in [1.165, 1.54) is 5.57 Å². The van der Waals surface area contributed by atoms with E-state index in [4.69, 9.17) is 13.9 Å². The van der Waals surface area contributed by atoms with Gasteiger partial charge in [-0.25, -0.2) is 0 Å². The Morgan fingerprint density at radius 3 is 2.87 bits per heavy atom. The molecule has 5 aliphatic rings. The highest BCUT2D eigenvalue weighted by Gasteiger charge is 2.74. The molecule has 31 heavy (non-hydrogen) atoms. The van der Waals surface area contributed by atoms with Gasteiger partial charge in [-0.1, -0.05) is 12.5 Å². The summed E-state index contributed by atoms with van der Waals surface area (Å²) in [4.78, 5) is 25.2. The molecular weight excluding hydrogens is 396 g/mol. The van der Waals surface area contributed by atoms with E-state index in [1.54, 1.807) is 18.4 Å². The predicted molar refractivity (Wildman–Crippen MR) is 110 cm³/mol. The number of carbonyl (C=O) groups is 2. The number of furan rings is 1. The van der Waals surface area contributed by atoms with Gasteiger partial charge in [-0.05, 0) is 80.4 Å². The zero-order valence-electron chi connectivity index (χ0n) is 17.9. The summed E-state index contributed by atoms with van der Waals surface area (Å²) in [6.07, 6.45) is 8.72. The Labute approximate surface area is 182 Å². The summed E-state index contributed by atoms with van der Waals surface area (Å²) in [5.74, 6) is 2.44. The third-order valence-corrected chi connectivity index (χ3v) is 9.37. The third-order valence-electron chi connectivity index (χ3n) is 9.37. The van der Waals surface area contributed by atoms with Gasteiger partial charge in [0.05, 0.1) is 12.4 Å². The third kappa shape index (κ3) is 2.55. The van der Waals surface area contributed by atoms with Crippen LogP contribution in [0.1, 0.15) is 63.9 Å². The maximum Gasteiger partial charge on any atom is 0.218 e. The largest absolute Gasteiger partial charge is 0.464 e. The molecule has 4 aliphatic carbocycles. The number of Topliss-reactive ketones (excluding diaryl/α,β-unsaturated/α-hetero) is 1. The number of ether oxygens (including phenoxy) is 2. The number of aliphatic hydroxyl groups is 1. The van der Waals surface area contributed by atoms with Gasteiger partial charge >= 0.3 is 0 Å². The van der Waals surface area contributed by atoms with Crippen molar-refractivity contribution in [1.82, 2.24) is 0 Å². The zero-order chi connectivity index (χ0) is 21.4. The van der Waals surface area contributed by atoms with E-state index in [0.717, 1.165) is 38.5 Å². The molecule has 6 heteroatoms. The fourth-order valence-corrected chi connectivity index (χ4v) is 8.10. The summed E-state index contributed by atoms with van der Waals surface area (Å²) in [6.45, 7) is 1.64. The zero-order valence-corrected chi connectivity index (χ0v) is 17.9. The molecule has 4 fully saturated rings. The lowest BCUT2D eigenvalue weighted by Crippen LogP contribution is -2.59. The van der Waals surface area contributed by atoms with Crippen molar-refractivity contribution in [3.05, 3.63) is 35.8 Å². The average Bonchev–Trinajstić information content (AvgIpc) is 3.47. The molecule has 3 unspecified atom stereocenters. The summed E-state index contributed by atoms with van der Waals surface area (Å²) in [7, 11) is 0. The fourth-order valence-electron chi connectivity index (χ4n) is 8.10. The van der Waals surface area contributed by atoms with E-state index >= 15 is 0 Å². The van der Waals surface area contributed by atoms with Crippen LogP contribution in [0.3, 0.4) is 0 Å². The quantitative estimate of drug-likeness (QED) is 0.792. The van der Waals surface area contributed by atoms with Crippen molar-refractivity contribution in [2.75, 3.05) is 6.61 Å². The molecule has 1 aromatic heterocycles.